The Morgan fingerprint density at radius 3 is 2.65 bits per heavy atom. The zero-order chi connectivity index (χ0) is 14.9. The van der Waals surface area contributed by atoms with E-state index in [9.17, 15) is 9.59 Å². The molecule has 6 heteroatoms. The Morgan fingerprint density at radius 1 is 1.35 bits per heavy atom. The van der Waals surface area contributed by atoms with Gasteiger partial charge in [0.1, 0.15) is 11.4 Å². The second-order valence-electron chi connectivity index (χ2n) is 5.72. The highest BCUT2D eigenvalue weighted by Crippen LogP contribution is 2.27. The van der Waals surface area contributed by atoms with Crippen molar-refractivity contribution in [1.29, 1.82) is 0 Å². The van der Waals surface area contributed by atoms with Crippen LogP contribution in [0.2, 0.25) is 0 Å². The fourth-order valence-electron chi connectivity index (χ4n) is 2.05. The number of anilines is 1. The third-order valence-electron chi connectivity index (χ3n) is 2.87. The second-order valence-corrected chi connectivity index (χ2v) is 5.72. The van der Waals surface area contributed by atoms with Crippen LogP contribution in [0.1, 0.15) is 43.2 Å². The predicted molar refractivity (Wildman–Crippen MR) is 73.1 cm³/mol. The topological polar surface area (TPSA) is 79.7 Å². The van der Waals surface area contributed by atoms with Crippen LogP contribution in [-0.2, 0) is 11.2 Å². The summed E-state index contributed by atoms with van der Waals surface area (Å²) in [5, 5.41) is 9.00. The SMILES string of the molecule is CC(C)(C)OC(=O)N1CCCc2ccc(C(=O)O)nc21. The maximum absolute atomic E-state index is 12.2. The number of rotatable bonds is 1. The summed E-state index contributed by atoms with van der Waals surface area (Å²) in [5.41, 5.74) is 0.199. The van der Waals surface area contributed by atoms with Crippen LogP contribution >= 0.6 is 0 Å². The first-order valence-corrected chi connectivity index (χ1v) is 6.51. The van der Waals surface area contributed by atoms with Crippen molar-refractivity contribution in [3.8, 4) is 0 Å². The molecule has 0 saturated heterocycles. The third kappa shape index (κ3) is 3.07. The van der Waals surface area contributed by atoms with E-state index in [1.165, 1.54) is 11.0 Å². The summed E-state index contributed by atoms with van der Waals surface area (Å²) in [6.07, 6.45) is 1.09. The maximum Gasteiger partial charge on any atom is 0.416 e. The molecule has 0 fully saturated rings. The number of fused-ring (bicyclic) bond motifs is 1. The fraction of sp³-hybridized carbons (Fsp3) is 0.500. The zero-order valence-electron chi connectivity index (χ0n) is 11.8. The van der Waals surface area contributed by atoms with E-state index in [0.29, 0.717) is 12.4 Å². The quantitative estimate of drug-likeness (QED) is 0.853. The average Bonchev–Trinajstić information content (AvgIpc) is 2.35. The number of carbonyl (C=O) groups is 2. The van der Waals surface area contributed by atoms with Gasteiger partial charge in [0.2, 0.25) is 0 Å². The van der Waals surface area contributed by atoms with E-state index < -0.39 is 17.7 Å². The van der Waals surface area contributed by atoms with Crippen molar-refractivity contribution in [3.63, 3.8) is 0 Å². The number of aromatic carboxylic acids is 1. The molecule has 2 heterocycles. The molecule has 6 nitrogen and oxygen atoms in total. The zero-order valence-corrected chi connectivity index (χ0v) is 11.8. The standard InChI is InChI=1S/C14H18N2O4/c1-14(2,3)20-13(19)16-8-4-5-9-6-7-10(12(17)18)15-11(9)16/h6-7H,4-5,8H2,1-3H3,(H,17,18). The lowest BCUT2D eigenvalue weighted by molar-refractivity contribution is 0.0573. The number of aryl methyl sites for hydroxylation is 1. The number of hydrogen-bond acceptors (Lipinski definition) is 4. The Bertz CT molecular complexity index is 549. The van der Waals surface area contributed by atoms with Gasteiger partial charge in [-0.2, -0.15) is 0 Å². The molecule has 1 aromatic heterocycles. The minimum Gasteiger partial charge on any atom is -0.477 e. The van der Waals surface area contributed by atoms with Crippen molar-refractivity contribution in [3.05, 3.63) is 23.4 Å². The van der Waals surface area contributed by atoms with Gasteiger partial charge in [-0.15, -0.1) is 0 Å². The molecule has 20 heavy (non-hydrogen) atoms. The van der Waals surface area contributed by atoms with Gasteiger partial charge in [-0.1, -0.05) is 6.07 Å². The first-order chi connectivity index (χ1) is 9.28. The molecular formula is C14H18N2O4. The highest BCUT2D eigenvalue weighted by molar-refractivity contribution is 5.90. The van der Waals surface area contributed by atoms with Crippen LogP contribution in [0.5, 0.6) is 0 Å². The van der Waals surface area contributed by atoms with Crippen molar-refractivity contribution in [1.82, 2.24) is 4.98 Å². The largest absolute Gasteiger partial charge is 0.477 e. The van der Waals surface area contributed by atoms with Gasteiger partial charge in [-0.3, -0.25) is 4.90 Å². The van der Waals surface area contributed by atoms with Gasteiger partial charge in [0.25, 0.3) is 0 Å². The average molecular weight is 278 g/mol. The van der Waals surface area contributed by atoms with E-state index in [1.807, 2.05) is 0 Å². The predicted octanol–water partition coefficient (Wildman–Crippen LogP) is 2.47. The Morgan fingerprint density at radius 2 is 2.05 bits per heavy atom. The second kappa shape index (κ2) is 5.11. The van der Waals surface area contributed by atoms with Crippen LogP contribution in [0, 0.1) is 0 Å². The van der Waals surface area contributed by atoms with Crippen LogP contribution in [0.3, 0.4) is 0 Å². The summed E-state index contributed by atoms with van der Waals surface area (Å²) in [6, 6.07) is 3.17. The van der Waals surface area contributed by atoms with E-state index in [1.54, 1.807) is 26.8 Å². The molecule has 0 aromatic carbocycles. The van der Waals surface area contributed by atoms with Gasteiger partial charge in [0.05, 0.1) is 0 Å². The lowest BCUT2D eigenvalue weighted by atomic mass is 10.1. The fourth-order valence-corrected chi connectivity index (χ4v) is 2.05. The number of carbonyl (C=O) groups excluding carboxylic acids is 1. The van der Waals surface area contributed by atoms with Crippen molar-refractivity contribution < 1.29 is 19.4 Å². The van der Waals surface area contributed by atoms with Crippen LogP contribution in [0.4, 0.5) is 10.6 Å². The molecule has 0 atom stereocenters. The summed E-state index contributed by atoms with van der Waals surface area (Å²) in [4.78, 5) is 28.7. The molecule has 1 amide bonds. The monoisotopic (exact) mass is 278 g/mol. The van der Waals surface area contributed by atoms with Gasteiger partial charge in [0, 0.05) is 6.54 Å². The minimum atomic E-state index is -1.11. The van der Waals surface area contributed by atoms with Crippen LogP contribution in [-0.4, -0.2) is 34.3 Å². The van der Waals surface area contributed by atoms with E-state index in [-0.39, 0.29) is 5.69 Å². The molecule has 1 aromatic rings. The molecule has 0 saturated carbocycles. The normalized spacial score (nSPS) is 14.7. The molecule has 0 radical (unpaired) electrons. The maximum atomic E-state index is 12.2. The van der Waals surface area contributed by atoms with Gasteiger partial charge in [-0.05, 0) is 45.2 Å². The van der Waals surface area contributed by atoms with Gasteiger partial charge >= 0.3 is 12.1 Å². The summed E-state index contributed by atoms with van der Waals surface area (Å²) >= 11 is 0. The minimum absolute atomic E-state index is 0.0702. The molecule has 0 spiro atoms. The molecule has 0 bridgehead atoms. The van der Waals surface area contributed by atoms with Crippen molar-refractivity contribution in [2.45, 2.75) is 39.2 Å². The van der Waals surface area contributed by atoms with Gasteiger partial charge in [-0.25, -0.2) is 14.6 Å². The Kier molecular flexibility index (Phi) is 3.65. The lowest BCUT2D eigenvalue weighted by Gasteiger charge is -2.30. The number of pyridine rings is 1. The van der Waals surface area contributed by atoms with E-state index in [4.69, 9.17) is 9.84 Å². The number of carboxylic acid groups (broad SMARTS) is 1. The molecule has 0 aliphatic carbocycles. The first kappa shape index (κ1) is 14.3. The number of aromatic nitrogens is 1. The molecule has 1 aliphatic rings. The molecule has 2 rings (SSSR count). The Labute approximate surface area is 117 Å². The smallest absolute Gasteiger partial charge is 0.416 e. The Balaban J connectivity index is 2.33. The number of amides is 1. The number of ether oxygens (including phenoxy) is 1. The van der Waals surface area contributed by atoms with Crippen LogP contribution in [0.15, 0.2) is 12.1 Å². The molecule has 108 valence electrons. The molecular weight excluding hydrogens is 260 g/mol. The molecule has 1 N–H and O–H groups in total. The van der Waals surface area contributed by atoms with Crippen molar-refractivity contribution >= 4 is 17.9 Å². The number of hydrogen-bond donors (Lipinski definition) is 1. The summed E-state index contributed by atoms with van der Waals surface area (Å²) < 4.78 is 5.33. The van der Waals surface area contributed by atoms with E-state index >= 15 is 0 Å². The first-order valence-electron chi connectivity index (χ1n) is 6.51. The molecule has 0 unspecified atom stereocenters. The lowest BCUT2D eigenvalue weighted by Crippen LogP contribution is -2.40. The summed E-state index contributed by atoms with van der Waals surface area (Å²) in [6.45, 7) is 5.85. The highest BCUT2D eigenvalue weighted by atomic mass is 16.6. The highest BCUT2D eigenvalue weighted by Gasteiger charge is 2.29. The van der Waals surface area contributed by atoms with Gasteiger partial charge in [0.15, 0.2) is 5.69 Å². The van der Waals surface area contributed by atoms with E-state index in [0.717, 1.165) is 18.4 Å². The summed E-state index contributed by atoms with van der Waals surface area (Å²) in [5.74, 6) is -0.715. The van der Waals surface area contributed by atoms with E-state index in [2.05, 4.69) is 4.98 Å². The van der Waals surface area contributed by atoms with Crippen LogP contribution < -0.4 is 4.90 Å². The number of carboxylic acids is 1. The molecule has 1 aliphatic heterocycles. The van der Waals surface area contributed by atoms with Crippen LogP contribution in [0.25, 0.3) is 0 Å². The van der Waals surface area contributed by atoms with Gasteiger partial charge < -0.3 is 9.84 Å². The Hall–Kier alpha value is -2.11. The third-order valence-corrected chi connectivity index (χ3v) is 2.87. The van der Waals surface area contributed by atoms with Crippen molar-refractivity contribution in [2.75, 3.05) is 11.4 Å². The summed E-state index contributed by atoms with van der Waals surface area (Å²) in [7, 11) is 0. The van der Waals surface area contributed by atoms with Crippen molar-refractivity contribution in [2.24, 2.45) is 0 Å². The number of nitrogens with zero attached hydrogens (tertiary/aromatic N) is 2.